The summed E-state index contributed by atoms with van der Waals surface area (Å²) in [6.45, 7) is 5.66. The van der Waals surface area contributed by atoms with Gasteiger partial charge in [0.1, 0.15) is 5.78 Å². The second kappa shape index (κ2) is 8.43. The van der Waals surface area contributed by atoms with Crippen LogP contribution in [-0.2, 0) is 16.0 Å². The SMILES string of the molecule is CC(=O)C1CC(N)(CC(=O)NC2CCC(Cc3ccccc3)(N(C)C)CC2)C1(C)C. The number of ketones is 1. The number of nitrogens with one attached hydrogen (secondary N) is 1. The van der Waals surface area contributed by atoms with Crippen LogP contribution < -0.4 is 11.1 Å². The van der Waals surface area contributed by atoms with Gasteiger partial charge in [-0.25, -0.2) is 0 Å². The van der Waals surface area contributed by atoms with Gasteiger partial charge in [0.25, 0.3) is 0 Å². The third-order valence-electron chi connectivity index (χ3n) is 8.30. The van der Waals surface area contributed by atoms with Gasteiger partial charge in [0.15, 0.2) is 0 Å². The van der Waals surface area contributed by atoms with Crippen LogP contribution in [0.15, 0.2) is 30.3 Å². The van der Waals surface area contributed by atoms with E-state index in [2.05, 4.69) is 54.6 Å². The molecule has 1 aromatic carbocycles. The van der Waals surface area contributed by atoms with Gasteiger partial charge in [0.05, 0.1) is 0 Å². The summed E-state index contributed by atoms with van der Waals surface area (Å²) in [7, 11) is 4.34. The molecular formula is C25H39N3O2. The van der Waals surface area contributed by atoms with Gasteiger partial charge in [-0.05, 0) is 70.5 Å². The van der Waals surface area contributed by atoms with E-state index < -0.39 is 5.54 Å². The first-order valence-corrected chi connectivity index (χ1v) is 11.3. The summed E-state index contributed by atoms with van der Waals surface area (Å²) in [5.41, 5.74) is 7.14. The molecule has 0 saturated heterocycles. The first-order valence-electron chi connectivity index (χ1n) is 11.3. The van der Waals surface area contributed by atoms with Crippen LogP contribution in [0.25, 0.3) is 0 Å². The molecule has 2 saturated carbocycles. The predicted octanol–water partition coefficient (Wildman–Crippen LogP) is 3.31. The van der Waals surface area contributed by atoms with Crippen molar-refractivity contribution in [2.24, 2.45) is 17.1 Å². The highest BCUT2D eigenvalue weighted by Gasteiger charge is 2.59. The van der Waals surface area contributed by atoms with Crippen molar-refractivity contribution in [3.8, 4) is 0 Å². The minimum absolute atomic E-state index is 0.0259. The fraction of sp³-hybridized carbons (Fsp3) is 0.680. The number of hydrogen-bond acceptors (Lipinski definition) is 4. The Morgan fingerprint density at radius 1 is 1.13 bits per heavy atom. The smallest absolute Gasteiger partial charge is 0.222 e. The molecule has 3 N–H and O–H groups in total. The molecule has 5 heteroatoms. The molecule has 166 valence electrons. The molecule has 0 radical (unpaired) electrons. The zero-order valence-corrected chi connectivity index (χ0v) is 19.3. The highest BCUT2D eigenvalue weighted by molar-refractivity contribution is 5.83. The van der Waals surface area contributed by atoms with Gasteiger partial charge in [-0.3, -0.25) is 9.59 Å². The van der Waals surface area contributed by atoms with E-state index in [1.54, 1.807) is 6.92 Å². The summed E-state index contributed by atoms with van der Waals surface area (Å²) in [5.74, 6) is 0.161. The maximum atomic E-state index is 12.8. The van der Waals surface area contributed by atoms with Crippen LogP contribution in [0, 0.1) is 11.3 Å². The van der Waals surface area contributed by atoms with Gasteiger partial charge in [-0.15, -0.1) is 0 Å². The van der Waals surface area contributed by atoms with Crippen molar-refractivity contribution in [1.29, 1.82) is 0 Å². The maximum absolute atomic E-state index is 12.8. The van der Waals surface area contributed by atoms with Crippen LogP contribution >= 0.6 is 0 Å². The zero-order valence-electron chi connectivity index (χ0n) is 19.3. The average Bonchev–Trinajstić information content (AvgIpc) is 2.68. The molecule has 2 aliphatic rings. The standard InChI is InChI=1S/C25H39N3O2/c1-18(29)21-16-25(26,23(21,2)3)17-22(30)27-20-11-13-24(14-12-20,28(4)5)15-19-9-7-6-8-10-19/h6-10,20-21H,11-17,26H2,1-5H3,(H,27,30). The molecule has 1 aromatic rings. The van der Waals surface area contributed by atoms with Crippen LogP contribution in [0.3, 0.4) is 0 Å². The summed E-state index contributed by atoms with van der Waals surface area (Å²) >= 11 is 0. The summed E-state index contributed by atoms with van der Waals surface area (Å²) < 4.78 is 0. The molecule has 1 amide bonds. The van der Waals surface area contributed by atoms with Crippen molar-refractivity contribution in [3.05, 3.63) is 35.9 Å². The number of nitrogens with two attached hydrogens (primary N) is 1. The fourth-order valence-electron chi connectivity index (χ4n) is 5.67. The second-order valence-electron chi connectivity index (χ2n) is 10.5. The fourth-order valence-corrected chi connectivity index (χ4v) is 5.67. The highest BCUT2D eigenvalue weighted by atomic mass is 16.1. The molecule has 2 fully saturated rings. The lowest BCUT2D eigenvalue weighted by Gasteiger charge is -2.59. The molecule has 0 aliphatic heterocycles. The van der Waals surface area contributed by atoms with Crippen molar-refractivity contribution >= 4 is 11.7 Å². The predicted molar refractivity (Wildman–Crippen MR) is 121 cm³/mol. The number of likely N-dealkylation sites (N-methyl/N-ethyl adjacent to an activating group) is 1. The summed E-state index contributed by atoms with van der Waals surface area (Å²) in [6, 6.07) is 10.9. The lowest BCUT2D eigenvalue weighted by molar-refractivity contribution is -0.145. The molecule has 5 nitrogen and oxygen atoms in total. The molecule has 0 heterocycles. The molecular weight excluding hydrogens is 374 g/mol. The third kappa shape index (κ3) is 4.33. The first-order chi connectivity index (χ1) is 14.0. The number of amides is 1. The molecule has 30 heavy (non-hydrogen) atoms. The highest BCUT2D eigenvalue weighted by Crippen LogP contribution is 2.54. The van der Waals surface area contributed by atoms with Gasteiger partial charge in [-0.1, -0.05) is 44.2 Å². The number of rotatable bonds is 7. The van der Waals surface area contributed by atoms with E-state index in [1.165, 1.54) is 5.56 Å². The lowest BCUT2D eigenvalue weighted by atomic mass is 9.48. The van der Waals surface area contributed by atoms with E-state index >= 15 is 0 Å². The average molecular weight is 414 g/mol. The van der Waals surface area contributed by atoms with Crippen molar-refractivity contribution in [2.45, 2.75) is 82.8 Å². The van der Waals surface area contributed by atoms with Crippen molar-refractivity contribution in [2.75, 3.05) is 14.1 Å². The van der Waals surface area contributed by atoms with E-state index in [0.29, 0.717) is 12.8 Å². The van der Waals surface area contributed by atoms with E-state index in [0.717, 1.165) is 32.1 Å². The second-order valence-corrected chi connectivity index (χ2v) is 10.5. The number of nitrogens with zero attached hydrogens (tertiary/aromatic N) is 1. The summed E-state index contributed by atoms with van der Waals surface area (Å²) in [6.07, 6.45) is 6.02. The van der Waals surface area contributed by atoms with E-state index in [9.17, 15) is 9.59 Å². The van der Waals surface area contributed by atoms with E-state index in [1.807, 2.05) is 13.8 Å². The molecule has 0 spiro atoms. The van der Waals surface area contributed by atoms with Gasteiger partial charge < -0.3 is 16.0 Å². The number of Topliss-reactive ketones (excluding diaryl/α,β-unsaturated/α-hetero) is 1. The normalized spacial score (nSPS) is 33.0. The van der Waals surface area contributed by atoms with Crippen LogP contribution in [0.1, 0.15) is 64.9 Å². The minimum Gasteiger partial charge on any atom is -0.353 e. The first kappa shape index (κ1) is 23.0. The molecule has 2 aliphatic carbocycles. The summed E-state index contributed by atoms with van der Waals surface area (Å²) in [5, 5.41) is 3.24. The lowest BCUT2D eigenvalue weighted by Crippen LogP contribution is -2.69. The molecule has 0 aromatic heterocycles. The quantitative estimate of drug-likeness (QED) is 0.719. The Bertz CT molecular complexity index is 766. The van der Waals surface area contributed by atoms with Crippen LogP contribution in [-0.4, -0.2) is 47.8 Å². The van der Waals surface area contributed by atoms with Crippen LogP contribution in [0.2, 0.25) is 0 Å². The Kier molecular flexibility index (Phi) is 6.45. The van der Waals surface area contributed by atoms with Gasteiger partial charge in [-0.2, -0.15) is 0 Å². The minimum atomic E-state index is -0.594. The monoisotopic (exact) mass is 413 g/mol. The van der Waals surface area contributed by atoms with E-state index in [-0.39, 0.29) is 34.6 Å². The Hall–Kier alpha value is -1.72. The zero-order chi connectivity index (χ0) is 22.2. The van der Waals surface area contributed by atoms with Crippen LogP contribution in [0.4, 0.5) is 0 Å². The molecule has 3 rings (SSSR count). The number of benzene rings is 1. The Labute approximate surface area is 181 Å². The Morgan fingerprint density at radius 2 is 1.73 bits per heavy atom. The maximum Gasteiger partial charge on any atom is 0.222 e. The van der Waals surface area contributed by atoms with Crippen LogP contribution in [0.5, 0.6) is 0 Å². The number of carbonyl (C=O) groups is 2. The largest absolute Gasteiger partial charge is 0.353 e. The number of carbonyl (C=O) groups excluding carboxylic acids is 2. The van der Waals surface area contributed by atoms with Crippen molar-refractivity contribution < 1.29 is 9.59 Å². The number of hydrogen-bond donors (Lipinski definition) is 2. The van der Waals surface area contributed by atoms with Gasteiger partial charge >= 0.3 is 0 Å². The molecule has 0 bridgehead atoms. The van der Waals surface area contributed by atoms with Gasteiger partial charge in [0.2, 0.25) is 5.91 Å². The van der Waals surface area contributed by atoms with Crippen molar-refractivity contribution in [1.82, 2.24) is 10.2 Å². The third-order valence-corrected chi connectivity index (χ3v) is 8.30. The summed E-state index contributed by atoms with van der Waals surface area (Å²) in [4.78, 5) is 27.0. The molecule has 2 unspecified atom stereocenters. The van der Waals surface area contributed by atoms with E-state index in [4.69, 9.17) is 5.73 Å². The Morgan fingerprint density at radius 3 is 2.23 bits per heavy atom. The van der Waals surface area contributed by atoms with Crippen molar-refractivity contribution in [3.63, 3.8) is 0 Å². The molecule has 2 atom stereocenters. The Balaban J connectivity index is 1.55. The van der Waals surface area contributed by atoms with Gasteiger partial charge in [0, 0.05) is 29.5 Å². The topological polar surface area (TPSA) is 75.4 Å².